The van der Waals surface area contributed by atoms with Crippen LogP contribution in [0, 0.1) is 0 Å². The normalized spacial score (nSPS) is 10.3. The van der Waals surface area contributed by atoms with E-state index in [0.717, 1.165) is 5.56 Å². The minimum atomic E-state index is -0.548. The summed E-state index contributed by atoms with van der Waals surface area (Å²) in [5, 5.41) is 3.70. The Bertz CT molecular complexity index is 735. The van der Waals surface area contributed by atoms with Crippen molar-refractivity contribution in [3.8, 4) is 0 Å². The zero-order valence-electron chi connectivity index (χ0n) is 12.8. The molecule has 0 saturated carbocycles. The van der Waals surface area contributed by atoms with Crippen LogP contribution in [0.15, 0.2) is 42.5 Å². The number of carbonyl (C=O) groups excluding carboxylic acids is 2. The molecule has 0 radical (unpaired) electrons. The highest BCUT2D eigenvalue weighted by molar-refractivity contribution is 7.99. The van der Waals surface area contributed by atoms with Gasteiger partial charge in [0.1, 0.15) is 0 Å². The first-order valence-electron chi connectivity index (χ1n) is 6.99. The molecule has 2 aromatic rings. The molecule has 0 heterocycles. The SMILES string of the molecule is COC(=O)c1cc(NC(=O)CSCc2ccc(Cl)cc2)ccc1Cl. The Morgan fingerprint density at radius 1 is 1.12 bits per heavy atom. The summed E-state index contributed by atoms with van der Waals surface area (Å²) >= 11 is 13.3. The topological polar surface area (TPSA) is 55.4 Å². The van der Waals surface area contributed by atoms with Crippen LogP contribution in [0.1, 0.15) is 15.9 Å². The minimum Gasteiger partial charge on any atom is -0.465 e. The van der Waals surface area contributed by atoms with Gasteiger partial charge in [-0.2, -0.15) is 0 Å². The third-order valence-corrected chi connectivity index (χ3v) is 4.66. The van der Waals surface area contributed by atoms with Crippen LogP contribution in [0.25, 0.3) is 0 Å². The van der Waals surface area contributed by atoms with Gasteiger partial charge in [0.15, 0.2) is 0 Å². The van der Waals surface area contributed by atoms with Crippen molar-refractivity contribution in [2.24, 2.45) is 0 Å². The molecule has 0 aliphatic heterocycles. The summed E-state index contributed by atoms with van der Waals surface area (Å²) in [6.45, 7) is 0. The van der Waals surface area contributed by atoms with E-state index in [9.17, 15) is 9.59 Å². The van der Waals surface area contributed by atoms with Crippen molar-refractivity contribution in [3.05, 3.63) is 63.6 Å². The average molecular weight is 384 g/mol. The summed E-state index contributed by atoms with van der Waals surface area (Å²) in [5.74, 6) is 0.289. The molecule has 7 heteroatoms. The molecule has 0 aliphatic rings. The van der Waals surface area contributed by atoms with Crippen LogP contribution in [0.4, 0.5) is 5.69 Å². The molecule has 0 fully saturated rings. The maximum Gasteiger partial charge on any atom is 0.339 e. The third kappa shape index (κ3) is 5.44. The number of hydrogen-bond donors (Lipinski definition) is 1. The fraction of sp³-hybridized carbons (Fsp3) is 0.176. The second kappa shape index (κ2) is 8.97. The molecule has 0 aromatic heterocycles. The van der Waals surface area contributed by atoms with Crippen molar-refractivity contribution in [1.82, 2.24) is 0 Å². The first-order valence-corrected chi connectivity index (χ1v) is 8.90. The van der Waals surface area contributed by atoms with E-state index in [1.807, 2.05) is 24.3 Å². The van der Waals surface area contributed by atoms with Gasteiger partial charge >= 0.3 is 5.97 Å². The second-order valence-corrected chi connectivity index (χ2v) is 6.68. The fourth-order valence-electron chi connectivity index (χ4n) is 1.91. The highest BCUT2D eigenvalue weighted by Crippen LogP contribution is 2.22. The van der Waals surface area contributed by atoms with E-state index in [1.165, 1.54) is 24.9 Å². The summed E-state index contributed by atoms with van der Waals surface area (Å²) in [7, 11) is 1.28. The molecule has 0 bridgehead atoms. The Balaban J connectivity index is 1.88. The smallest absolute Gasteiger partial charge is 0.339 e. The number of esters is 1. The molecule has 0 aliphatic carbocycles. The largest absolute Gasteiger partial charge is 0.465 e. The zero-order valence-corrected chi connectivity index (χ0v) is 15.2. The molecule has 1 N–H and O–H groups in total. The van der Waals surface area contributed by atoms with Gasteiger partial charge in [-0.1, -0.05) is 35.3 Å². The number of thioether (sulfide) groups is 1. The van der Waals surface area contributed by atoms with Crippen LogP contribution in [0.3, 0.4) is 0 Å². The maximum absolute atomic E-state index is 12.0. The van der Waals surface area contributed by atoms with Gasteiger partial charge in [0.05, 0.1) is 23.4 Å². The first kappa shape index (κ1) is 18.6. The molecule has 4 nitrogen and oxygen atoms in total. The summed E-state index contributed by atoms with van der Waals surface area (Å²) in [4.78, 5) is 23.6. The van der Waals surface area contributed by atoms with Crippen LogP contribution in [0.5, 0.6) is 0 Å². The number of benzene rings is 2. The summed E-state index contributed by atoms with van der Waals surface area (Å²) in [6.07, 6.45) is 0. The summed E-state index contributed by atoms with van der Waals surface area (Å²) < 4.78 is 4.65. The van der Waals surface area contributed by atoms with E-state index in [4.69, 9.17) is 23.2 Å². The van der Waals surface area contributed by atoms with E-state index in [2.05, 4.69) is 10.1 Å². The van der Waals surface area contributed by atoms with Crippen LogP contribution < -0.4 is 5.32 Å². The van der Waals surface area contributed by atoms with Gasteiger partial charge in [0.2, 0.25) is 5.91 Å². The lowest BCUT2D eigenvalue weighted by atomic mass is 10.2. The Kier molecular flexibility index (Phi) is 6.97. The van der Waals surface area contributed by atoms with E-state index in [1.54, 1.807) is 12.1 Å². The number of rotatable bonds is 6. The Labute approximate surface area is 154 Å². The lowest BCUT2D eigenvalue weighted by molar-refractivity contribution is -0.113. The second-order valence-electron chi connectivity index (χ2n) is 4.85. The Morgan fingerprint density at radius 2 is 1.83 bits per heavy atom. The molecule has 0 saturated heterocycles. The highest BCUT2D eigenvalue weighted by Gasteiger charge is 2.12. The average Bonchev–Trinajstić information content (AvgIpc) is 2.57. The Hall–Kier alpha value is -1.69. The van der Waals surface area contributed by atoms with E-state index < -0.39 is 5.97 Å². The number of carbonyl (C=O) groups is 2. The third-order valence-electron chi connectivity index (χ3n) is 3.07. The molecule has 24 heavy (non-hydrogen) atoms. The highest BCUT2D eigenvalue weighted by atomic mass is 35.5. The number of amides is 1. The number of methoxy groups -OCH3 is 1. The van der Waals surface area contributed by atoms with Crippen LogP contribution in [-0.2, 0) is 15.3 Å². The Morgan fingerprint density at radius 3 is 2.50 bits per heavy atom. The van der Waals surface area contributed by atoms with Crippen molar-refractivity contribution in [2.75, 3.05) is 18.2 Å². The predicted molar refractivity (Wildman–Crippen MR) is 99.0 cm³/mol. The van der Waals surface area contributed by atoms with Crippen LogP contribution >= 0.6 is 35.0 Å². The first-order chi connectivity index (χ1) is 11.5. The van der Waals surface area contributed by atoms with Crippen LogP contribution in [-0.4, -0.2) is 24.7 Å². The number of nitrogens with one attached hydrogen (secondary N) is 1. The van der Waals surface area contributed by atoms with E-state index in [0.29, 0.717) is 22.2 Å². The van der Waals surface area contributed by atoms with Crippen molar-refractivity contribution in [2.45, 2.75) is 5.75 Å². The van der Waals surface area contributed by atoms with E-state index >= 15 is 0 Å². The lowest BCUT2D eigenvalue weighted by Gasteiger charge is -2.08. The van der Waals surface area contributed by atoms with Crippen molar-refractivity contribution in [3.63, 3.8) is 0 Å². The van der Waals surface area contributed by atoms with Crippen molar-refractivity contribution in [1.29, 1.82) is 0 Å². The molecule has 2 rings (SSSR count). The molecule has 126 valence electrons. The monoisotopic (exact) mass is 383 g/mol. The number of anilines is 1. The van der Waals surface area contributed by atoms with Gasteiger partial charge in [-0.05, 0) is 35.9 Å². The fourth-order valence-corrected chi connectivity index (χ4v) is 3.02. The van der Waals surface area contributed by atoms with Gasteiger partial charge in [-0.25, -0.2) is 4.79 Å². The van der Waals surface area contributed by atoms with E-state index in [-0.39, 0.29) is 16.5 Å². The molecular formula is C17H15Cl2NO3S. The number of ether oxygens (including phenoxy) is 1. The number of hydrogen-bond acceptors (Lipinski definition) is 4. The van der Waals surface area contributed by atoms with Gasteiger partial charge in [0, 0.05) is 16.5 Å². The predicted octanol–water partition coefficient (Wildman–Crippen LogP) is 4.65. The molecule has 0 spiro atoms. The number of halogens is 2. The van der Waals surface area contributed by atoms with Gasteiger partial charge < -0.3 is 10.1 Å². The summed E-state index contributed by atoms with van der Waals surface area (Å²) in [5.41, 5.74) is 1.80. The van der Waals surface area contributed by atoms with Gasteiger partial charge in [-0.15, -0.1) is 11.8 Å². The molecular weight excluding hydrogens is 369 g/mol. The van der Waals surface area contributed by atoms with Gasteiger partial charge in [0.25, 0.3) is 0 Å². The zero-order chi connectivity index (χ0) is 17.5. The standard InChI is InChI=1S/C17H15Cl2NO3S/c1-23-17(22)14-8-13(6-7-15(14)19)20-16(21)10-24-9-11-2-4-12(18)5-3-11/h2-8H,9-10H2,1H3,(H,20,21). The van der Waals surface area contributed by atoms with Crippen molar-refractivity contribution < 1.29 is 14.3 Å². The molecule has 0 unspecified atom stereocenters. The summed E-state index contributed by atoms with van der Waals surface area (Å²) in [6, 6.07) is 12.2. The lowest BCUT2D eigenvalue weighted by Crippen LogP contribution is -2.15. The van der Waals surface area contributed by atoms with Crippen molar-refractivity contribution >= 4 is 52.5 Å². The quantitative estimate of drug-likeness (QED) is 0.737. The van der Waals surface area contributed by atoms with Crippen LogP contribution in [0.2, 0.25) is 10.0 Å². The molecule has 2 aromatic carbocycles. The van der Waals surface area contributed by atoms with Gasteiger partial charge in [-0.3, -0.25) is 4.79 Å². The minimum absolute atomic E-state index is 0.160. The molecule has 0 atom stereocenters. The molecule has 1 amide bonds. The maximum atomic E-state index is 12.0.